The molecule has 0 aromatic heterocycles. The zero-order valence-electron chi connectivity index (χ0n) is 12.2. The van der Waals surface area contributed by atoms with Crippen LogP contribution in [-0.4, -0.2) is 30.4 Å². The lowest BCUT2D eigenvalue weighted by atomic mass is 9.97. The molecule has 1 aliphatic rings. The highest BCUT2D eigenvalue weighted by Crippen LogP contribution is 2.23. The fourth-order valence-corrected chi connectivity index (χ4v) is 2.97. The summed E-state index contributed by atoms with van der Waals surface area (Å²) in [4.78, 5) is 14.6. The monoisotopic (exact) mass is 349 g/mol. The molecule has 112 valence electrons. The molecule has 1 aliphatic heterocycles. The molecular weight excluding hydrogens is 330 g/mol. The quantitative estimate of drug-likeness (QED) is 0.906. The zero-order valence-corrected chi connectivity index (χ0v) is 13.8. The van der Waals surface area contributed by atoms with Gasteiger partial charge in [-0.3, -0.25) is 4.79 Å². The second-order valence-corrected chi connectivity index (χ2v) is 6.36. The van der Waals surface area contributed by atoms with Crippen molar-refractivity contribution in [1.82, 2.24) is 4.90 Å². The van der Waals surface area contributed by atoms with Crippen LogP contribution in [0.15, 0.2) is 22.7 Å². The van der Waals surface area contributed by atoms with E-state index in [1.807, 2.05) is 25.1 Å². The zero-order chi connectivity index (χ0) is 15.2. The van der Waals surface area contributed by atoms with Gasteiger partial charge in [0.25, 0.3) is 0 Å². The van der Waals surface area contributed by atoms with E-state index in [1.54, 1.807) is 0 Å². The van der Waals surface area contributed by atoms with E-state index in [1.165, 1.54) is 0 Å². The molecule has 21 heavy (non-hydrogen) atoms. The first-order valence-corrected chi connectivity index (χ1v) is 8.06. The van der Waals surface area contributed by atoms with Crippen LogP contribution in [0.2, 0.25) is 0 Å². The van der Waals surface area contributed by atoms with Gasteiger partial charge >= 0.3 is 0 Å². The maximum atomic E-state index is 12.4. The van der Waals surface area contributed by atoms with Gasteiger partial charge in [0, 0.05) is 29.7 Å². The number of hydrogen-bond acceptors (Lipinski definition) is 3. The molecule has 1 aromatic carbocycles. The summed E-state index contributed by atoms with van der Waals surface area (Å²) >= 11 is 3.48. The Bertz CT molecular complexity index is 553. The van der Waals surface area contributed by atoms with E-state index in [0.717, 1.165) is 48.2 Å². The lowest BCUT2D eigenvalue weighted by molar-refractivity contribution is -0.121. The molecular formula is C16H20BrN3O. The number of hydrogen-bond donors (Lipinski definition) is 1. The molecule has 1 unspecified atom stereocenters. The van der Waals surface area contributed by atoms with Crippen molar-refractivity contribution in [1.29, 1.82) is 5.26 Å². The van der Waals surface area contributed by atoms with Crippen LogP contribution in [0.5, 0.6) is 0 Å². The molecule has 0 bridgehead atoms. The van der Waals surface area contributed by atoms with E-state index in [-0.39, 0.29) is 11.8 Å². The Labute approximate surface area is 134 Å². The number of halogens is 1. The standard InChI is InChI=1S/C16H20BrN3O/c1-12-5-6-14(10-15(12)17)19-16(21)13-4-2-8-20(11-13)9-3-7-18/h5-6,10,13H,2-4,8-9,11H2,1H3,(H,19,21). The number of likely N-dealkylation sites (tertiary alicyclic amines) is 1. The van der Waals surface area contributed by atoms with Crippen molar-refractivity contribution < 1.29 is 4.79 Å². The number of carbonyl (C=O) groups excluding carboxylic acids is 1. The molecule has 1 fully saturated rings. The van der Waals surface area contributed by atoms with Crippen molar-refractivity contribution in [2.45, 2.75) is 26.2 Å². The molecule has 5 heteroatoms. The third-order valence-electron chi connectivity index (χ3n) is 3.86. The van der Waals surface area contributed by atoms with E-state index in [2.05, 4.69) is 32.2 Å². The van der Waals surface area contributed by atoms with Gasteiger partial charge in [-0.05, 0) is 44.0 Å². The molecule has 0 aliphatic carbocycles. The molecule has 4 nitrogen and oxygen atoms in total. The molecule has 0 saturated carbocycles. The maximum Gasteiger partial charge on any atom is 0.228 e. The summed E-state index contributed by atoms with van der Waals surface area (Å²) in [5.74, 6) is 0.0879. The Morgan fingerprint density at radius 3 is 3.10 bits per heavy atom. The first-order valence-electron chi connectivity index (χ1n) is 7.26. The highest BCUT2D eigenvalue weighted by atomic mass is 79.9. The lowest BCUT2D eigenvalue weighted by Crippen LogP contribution is -2.41. The second-order valence-electron chi connectivity index (χ2n) is 5.50. The van der Waals surface area contributed by atoms with Gasteiger partial charge < -0.3 is 10.2 Å². The third kappa shape index (κ3) is 4.55. The maximum absolute atomic E-state index is 12.4. The van der Waals surface area contributed by atoms with Crippen molar-refractivity contribution in [2.24, 2.45) is 5.92 Å². The molecule has 1 N–H and O–H groups in total. The van der Waals surface area contributed by atoms with Crippen LogP contribution in [0.1, 0.15) is 24.8 Å². The molecule has 2 rings (SSSR count). The van der Waals surface area contributed by atoms with Crippen LogP contribution in [0.4, 0.5) is 5.69 Å². The van der Waals surface area contributed by atoms with Crippen molar-refractivity contribution in [3.63, 3.8) is 0 Å². The largest absolute Gasteiger partial charge is 0.326 e. The van der Waals surface area contributed by atoms with Crippen LogP contribution >= 0.6 is 15.9 Å². The average molecular weight is 350 g/mol. The van der Waals surface area contributed by atoms with Crippen molar-refractivity contribution in [2.75, 3.05) is 25.0 Å². The fourth-order valence-electron chi connectivity index (χ4n) is 2.60. The predicted octanol–water partition coefficient (Wildman–Crippen LogP) is 3.32. The van der Waals surface area contributed by atoms with Gasteiger partial charge in [0.05, 0.1) is 12.0 Å². The smallest absolute Gasteiger partial charge is 0.228 e. The van der Waals surface area contributed by atoms with Crippen LogP contribution in [0.3, 0.4) is 0 Å². The number of benzene rings is 1. The van der Waals surface area contributed by atoms with Crippen molar-refractivity contribution in [3.8, 4) is 6.07 Å². The lowest BCUT2D eigenvalue weighted by Gasteiger charge is -2.31. The minimum Gasteiger partial charge on any atom is -0.326 e. The Kier molecular flexibility index (Phi) is 5.77. The molecule has 1 aromatic rings. The molecule has 0 radical (unpaired) electrons. The number of anilines is 1. The summed E-state index contributed by atoms with van der Waals surface area (Å²) in [6.45, 7) is 4.52. The van der Waals surface area contributed by atoms with Crippen molar-refractivity contribution >= 4 is 27.5 Å². The Morgan fingerprint density at radius 2 is 2.38 bits per heavy atom. The normalized spacial score (nSPS) is 19.0. The number of rotatable bonds is 4. The van der Waals surface area contributed by atoms with E-state index in [4.69, 9.17) is 5.26 Å². The summed E-state index contributed by atoms with van der Waals surface area (Å²) in [5, 5.41) is 11.7. The number of carbonyl (C=O) groups is 1. The molecule has 1 saturated heterocycles. The Balaban J connectivity index is 1.93. The number of nitriles is 1. The summed E-state index contributed by atoms with van der Waals surface area (Å²) in [5.41, 5.74) is 1.97. The van der Waals surface area contributed by atoms with E-state index in [0.29, 0.717) is 6.42 Å². The summed E-state index contributed by atoms with van der Waals surface area (Å²) in [6, 6.07) is 8.01. The summed E-state index contributed by atoms with van der Waals surface area (Å²) in [6.07, 6.45) is 2.46. The van der Waals surface area contributed by atoms with E-state index in [9.17, 15) is 4.79 Å². The molecule has 0 spiro atoms. The van der Waals surface area contributed by atoms with Gasteiger partial charge in [0.2, 0.25) is 5.91 Å². The van der Waals surface area contributed by atoms with Gasteiger partial charge in [0.15, 0.2) is 0 Å². The third-order valence-corrected chi connectivity index (χ3v) is 4.71. The molecule has 1 atom stereocenters. The predicted molar refractivity (Wildman–Crippen MR) is 86.9 cm³/mol. The molecule has 1 amide bonds. The van der Waals surface area contributed by atoms with Gasteiger partial charge in [-0.1, -0.05) is 22.0 Å². The van der Waals surface area contributed by atoms with Crippen LogP contribution in [-0.2, 0) is 4.79 Å². The number of nitrogens with zero attached hydrogens (tertiary/aromatic N) is 2. The highest BCUT2D eigenvalue weighted by Gasteiger charge is 2.25. The molecule has 1 heterocycles. The van der Waals surface area contributed by atoms with Gasteiger partial charge in [-0.15, -0.1) is 0 Å². The first-order chi connectivity index (χ1) is 10.1. The van der Waals surface area contributed by atoms with E-state index < -0.39 is 0 Å². The topological polar surface area (TPSA) is 56.1 Å². The average Bonchev–Trinajstić information content (AvgIpc) is 2.49. The number of amides is 1. The fraction of sp³-hybridized carbons (Fsp3) is 0.500. The van der Waals surface area contributed by atoms with E-state index >= 15 is 0 Å². The minimum absolute atomic E-state index is 0.0116. The van der Waals surface area contributed by atoms with Crippen molar-refractivity contribution in [3.05, 3.63) is 28.2 Å². The number of aryl methyl sites for hydroxylation is 1. The SMILES string of the molecule is Cc1ccc(NC(=O)C2CCCN(CCC#N)C2)cc1Br. The summed E-state index contributed by atoms with van der Waals surface area (Å²) < 4.78 is 1.000. The Morgan fingerprint density at radius 1 is 1.57 bits per heavy atom. The van der Waals surface area contributed by atoms with Crippen LogP contribution in [0.25, 0.3) is 0 Å². The van der Waals surface area contributed by atoms with Gasteiger partial charge in [-0.2, -0.15) is 5.26 Å². The van der Waals surface area contributed by atoms with Crippen LogP contribution in [0, 0.1) is 24.2 Å². The first kappa shape index (κ1) is 16.0. The number of nitrogens with one attached hydrogen (secondary N) is 1. The highest BCUT2D eigenvalue weighted by molar-refractivity contribution is 9.10. The second kappa shape index (κ2) is 7.58. The Hall–Kier alpha value is -1.38. The van der Waals surface area contributed by atoms with Gasteiger partial charge in [0.1, 0.15) is 0 Å². The van der Waals surface area contributed by atoms with Gasteiger partial charge in [-0.25, -0.2) is 0 Å². The minimum atomic E-state index is 0.0116. The number of piperidine rings is 1. The van der Waals surface area contributed by atoms with Crippen LogP contribution < -0.4 is 5.32 Å². The summed E-state index contributed by atoms with van der Waals surface area (Å²) in [7, 11) is 0.